The van der Waals surface area contributed by atoms with Crippen molar-refractivity contribution in [3.05, 3.63) is 42.2 Å². The van der Waals surface area contributed by atoms with E-state index < -0.39 is 0 Å². The number of aromatic nitrogens is 1. The van der Waals surface area contributed by atoms with Crippen LogP contribution in [0.5, 0.6) is 0 Å². The molecule has 88 valence electrons. The summed E-state index contributed by atoms with van der Waals surface area (Å²) in [6.07, 6.45) is 1.83. The molecular weight excluding hydrogens is 198 g/mol. The van der Waals surface area contributed by atoms with Gasteiger partial charge in [-0.25, -0.2) is 0 Å². The van der Waals surface area contributed by atoms with E-state index in [1.807, 2.05) is 24.4 Å². The number of nitrogens with zero attached hydrogens (tertiary/aromatic N) is 2. The van der Waals surface area contributed by atoms with Gasteiger partial charge < -0.3 is 5.32 Å². The molecule has 0 fully saturated rings. The summed E-state index contributed by atoms with van der Waals surface area (Å²) < 4.78 is 0. The topological polar surface area (TPSA) is 28.2 Å². The molecule has 0 bridgehead atoms. The van der Waals surface area contributed by atoms with Crippen LogP contribution in [0.15, 0.2) is 36.5 Å². The summed E-state index contributed by atoms with van der Waals surface area (Å²) in [6.45, 7) is 9.81. The molecule has 0 amide bonds. The van der Waals surface area contributed by atoms with Gasteiger partial charge in [0.1, 0.15) is 0 Å². The highest BCUT2D eigenvalue weighted by Crippen LogP contribution is 2.01. The third kappa shape index (κ3) is 5.05. The van der Waals surface area contributed by atoms with Crippen molar-refractivity contribution in [2.24, 2.45) is 0 Å². The predicted molar refractivity (Wildman–Crippen MR) is 68.3 cm³/mol. The Labute approximate surface area is 98.2 Å². The van der Waals surface area contributed by atoms with Crippen LogP contribution in [0.1, 0.15) is 12.6 Å². The first-order chi connectivity index (χ1) is 7.72. The first kappa shape index (κ1) is 12.9. The lowest BCUT2D eigenvalue weighted by atomic mass is 10.2. The fourth-order valence-electron chi connectivity index (χ4n) is 1.56. The van der Waals surface area contributed by atoms with Crippen molar-refractivity contribution >= 4 is 0 Å². The molecule has 0 atom stereocenters. The summed E-state index contributed by atoms with van der Waals surface area (Å²) in [7, 11) is 2.09. The Hall–Kier alpha value is -1.19. The lowest BCUT2D eigenvalue weighted by Crippen LogP contribution is -2.26. The molecule has 0 saturated carbocycles. The third-order valence-electron chi connectivity index (χ3n) is 2.28. The van der Waals surface area contributed by atoms with Gasteiger partial charge in [-0.15, -0.1) is 0 Å². The van der Waals surface area contributed by atoms with Crippen LogP contribution in [0.2, 0.25) is 0 Å². The van der Waals surface area contributed by atoms with E-state index in [1.165, 1.54) is 5.57 Å². The van der Waals surface area contributed by atoms with Crippen LogP contribution >= 0.6 is 0 Å². The lowest BCUT2D eigenvalue weighted by Gasteiger charge is -2.17. The van der Waals surface area contributed by atoms with Gasteiger partial charge in [0.05, 0.1) is 5.69 Å². The maximum atomic E-state index is 4.30. The van der Waals surface area contributed by atoms with Crippen molar-refractivity contribution in [3.63, 3.8) is 0 Å². The smallest absolute Gasteiger partial charge is 0.0543 e. The molecule has 0 aliphatic carbocycles. The Bertz CT molecular complexity index is 308. The number of likely N-dealkylation sites (N-methyl/N-ethyl adjacent to an activating group) is 2. The van der Waals surface area contributed by atoms with Crippen molar-refractivity contribution in [3.8, 4) is 0 Å². The molecule has 1 rings (SSSR count). The first-order valence-electron chi connectivity index (χ1n) is 5.68. The van der Waals surface area contributed by atoms with Crippen LogP contribution < -0.4 is 5.32 Å². The van der Waals surface area contributed by atoms with Gasteiger partial charge in [0.2, 0.25) is 0 Å². The first-order valence-corrected chi connectivity index (χ1v) is 5.68. The monoisotopic (exact) mass is 219 g/mol. The van der Waals surface area contributed by atoms with Crippen molar-refractivity contribution in [2.45, 2.75) is 13.5 Å². The van der Waals surface area contributed by atoms with E-state index in [1.54, 1.807) is 0 Å². The second-order valence-corrected chi connectivity index (χ2v) is 4.02. The van der Waals surface area contributed by atoms with Crippen molar-refractivity contribution in [2.75, 3.05) is 26.7 Å². The number of nitrogens with one attached hydrogen (secondary N) is 1. The zero-order chi connectivity index (χ0) is 11.8. The SMILES string of the molecule is C=C(CNCC)CN(C)Cc1ccccn1. The minimum absolute atomic E-state index is 0.867. The van der Waals surface area contributed by atoms with E-state index >= 15 is 0 Å². The molecule has 0 unspecified atom stereocenters. The van der Waals surface area contributed by atoms with Gasteiger partial charge in [0.15, 0.2) is 0 Å². The molecule has 1 heterocycles. The average molecular weight is 219 g/mol. The van der Waals surface area contributed by atoms with Crippen LogP contribution in [0.3, 0.4) is 0 Å². The van der Waals surface area contributed by atoms with Gasteiger partial charge in [0.25, 0.3) is 0 Å². The lowest BCUT2D eigenvalue weighted by molar-refractivity contribution is 0.348. The van der Waals surface area contributed by atoms with Gasteiger partial charge in [0, 0.05) is 25.8 Å². The van der Waals surface area contributed by atoms with E-state index in [0.717, 1.165) is 31.9 Å². The molecular formula is C13H21N3. The molecule has 0 spiro atoms. The summed E-state index contributed by atoms with van der Waals surface area (Å²) in [5, 5.41) is 3.28. The van der Waals surface area contributed by atoms with Crippen molar-refractivity contribution in [1.29, 1.82) is 0 Å². The predicted octanol–water partition coefficient (Wildman–Crippen LogP) is 1.68. The fourth-order valence-corrected chi connectivity index (χ4v) is 1.56. The molecule has 16 heavy (non-hydrogen) atoms. The largest absolute Gasteiger partial charge is 0.313 e. The molecule has 0 saturated heterocycles. The third-order valence-corrected chi connectivity index (χ3v) is 2.28. The number of rotatable bonds is 7. The Balaban J connectivity index is 2.30. The molecule has 0 aliphatic rings. The van der Waals surface area contributed by atoms with E-state index in [4.69, 9.17) is 0 Å². The van der Waals surface area contributed by atoms with Gasteiger partial charge >= 0.3 is 0 Å². The second kappa shape index (κ2) is 7.14. The van der Waals surface area contributed by atoms with Gasteiger partial charge in [-0.1, -0.05) is 19.6 Å². The molecule has 3 nitrogen and oxygen atoms in total. The average Bonchev–Trinajstić information content (AvgIpc) is 2.27. The Morgan fingerprint density at radius 3 is 2.94 bits per heavy atom. The Kier molecular flexibility index (Phi) is 5.75. The molecule has 0 aromatic carbocycles. The van der Waals surface area contributed by atoms with Crippen LogP contribution in [-0.2, 0) is 6.54 Å². The van der Waals surface area contributed by atoms with Crippen LogP contribution in [0.25, 0.3) is 0 Å². The molecule has 0 radical (unpaired) electrons. The molecule has 1 aromatic heterocycles. The minimum Gasteiger partial charge on any atom is -0.313 e. The zero-order valence-electron chi connectivity index (χ0n) is 10.2. The Morgan fingerprint density at radius 2 is 2.31 bits per heavy atom. The summed E-state index contributed by atoms with van der Waals surface area (Å²) in [6, 6.07) is 6.00. The number of pyridine rings is 1. The maximum Gasteiger partial charge on any atom is 0.0543 e. The van der Waals surface area contributed by atoms with E-state index in [2.05, 4.69) is 35.8 Å². The normalized spacial score (nSPS) is 10.7. The summed E-state index contributed by atoms with van der Waals surface area (Å²) in [5.41, 5.74) is 2.31. The van der Waals surface area contributed by atoms with Crippen LogP contribution in [0, 0.1) is 0 Å². The summed E-state index contributed by atoms with van der Waals surface area (Å²) in [5.74, 6) is 0. The van der Waals surface area contributed by atoms with E-state index in [0.29, 0.717) is 0 Å². The van der Waals surface area contributed by atoms with Crippen LogP contribution in [0.4, 0.5) is 0 Å². The fraction of sp³-hybridized carbons (Fsp3) is 0.462. The second-order valence-electron chi connectivity index (χ2n) is 4.02. The molecule has 1 aromatic rings. The maximum absolute atomic E-state index is 4.30. The van der Waals surface area contributed by atoms with E-state index in [9.17, 15) is 0 Å². The Morgan fingerprint density at radius 1 is 1.50 bits per heavy atom. The molecule has 0 aliphatic heterocycles. The molecule has 1 N–H and O–H groups in total. The highest BCUT2D eigenvalue weighted by atomic mass is 15.1. The van der Waals surface area contributed by atoms with Gasteiger partial charge in [-0.3, -0.25) is 9.88 Å². The summed E-state index contributed by atoms with van der Waals surface area (Å²) in [4.78, 5) is 6.53. The van der Waals surface area contributed by atoms with E-state index in [-0.39, 0.29) is 0 Å². The highest BCUT2D eigenvalue weighted by molar-refractivity contribution is 5.05. The number of hydrogen-bond donors (Lipinski definition) is 1. The van der Waals surface area contributed by atoms with Crippen molar-refractivity contribution in [1.82, 2.24) is 15.2 Å². The van der Waals surface area contributed by atoms with Gasteiger partial charge in [-0.05, 0) is 31.3 Å². The zero-order valence-corrected chi connectivity index (χ0v) is 10.2. The molecule has 3 heteroatoms. The summed E-state index contributed by atoms with van der Waals surface area (Å²) >= 11 is 0. The van der Waals surface area contributed by atoms with Crippen molar-refractivity contribution < 1.29 is 0 Å². The quantitative estimate of drug-likeness (QED) is 0.707. The van der Waals surface area contributed by atoms with Gasteiger partial charge in [-0.2, -0.15) is 0 Å². The van der Waals surface area contributed by atoms with Crippen LogP contribution in [-0.4, -0.2) is 36.6 Å². The minimum atomic E-state index is 0.867. The standard InChI is InChI=1S/C13H21N3/c1-4-14-9-12(2)10-16(3)11-13-7-5-6-8-15-13/h5-8,14H,2,4,9-11H2,1,3H3. The number of hydrogen-bond acceptors (Lipinski definition) is 3. The highest BCUT2D eigenvalue weighted by Gasteiger charge is 2.02.